The van der Waals surface area contributed by atoms with E-state index in [1.807, 2.05) is 0 Å². The average molecular weight is 258 g/mol. The third-order valence-corrected chi connectivity index (χ3v) is 2.01. The fraction of sp³-hybridized carbons (Fsp3) is 0.125. The van der Waals surface area contributed by atoms with E-state index < -0.39 is 5.97 Å². The maximum Gasteiger partial charge on any atom is 0.337 e. The second-order valence-corrected chi connectivity index (χ2v) is 3.09. The van der Waals surface area contributed by atoms with Crippen molar-refractivity contribution in [3.05, 3.63) is 27.7 Å². The third kappa shape index (κ3) is 2.67. The third-order valence-electron chi connectivity index (χ3n) is 1.44. The molecule has 0 radical (unpaired) electrons. The van der Waals surface area contributed by atoms with Crippen LogP contribution in [0.3, 0.4) is 0 Å². The summed E-state index contributed by atoms with van der Waals surface area (Å²) in [6.45, 7) is 0. The summed E-state index contributed by atoms with van der Waals surface area (Å²) in [5, 5.41) is 9.21. The number of methoxy groups -OCH3 is 1. The summed E-state index contributed by atoms with van der Waals surface area (Å²) in [6.07, 6.45) is 0. The summed E-state index contributed by atoms with van der Waals surface area (Å²) in [4.78, 5) is 11.0. The van der Waals surface area contributed by atoms with Crippen LogP contribution in [0.25, 0.3) is 0 Å². The van der Waals surface area contributed by atoms with Crippen LogP contribution in [0.4, 0.5) is 0 Å². The Hall–Kier alpha value is -0.640. The van der Waals surface area contributed by atoms with Crippen molar-refractivity contribution in [2.45, 2.75) is 0 Å². The Bertz CT molecular complexity index is 329. The highest BCUT2D eigenvalue weighted by molar-refractivity contribution is 6.37. The van der Waals surface area contributed by atoms with E-state index in [2.05, 4.69) is 4.74 Å². The first kappa shape index (κ1) is 13.4. The lowest BCUT2D eigenvalue weighted by molar-refractivity contribution is 0.0600. The van der Waals surface area contributed by atoms with E-state index in [4.69, 9.17) is 28.3 Å². The van der Waals surface area contributed by atoms with Gasteiger partial charge in [0.05, 0.1) is 22.7 Å². The van der Waals surface area contributed by atoms with Crippen molar-refractivity contribution in [1.29, 1.82) is 0 Å². The molecular weight excluding hydrogens is 250 g/mol. The molecule has 78 valence electrons. The molecule has 0 saturated heterocycles. The van der Waals surface area contributed by atoms with Crippen LogP contribution < -0.4 is 0 Å². The zero-order valence-corrected chi connectivity index (χ0v) is 9.41. The molecule has 0 aliphatic carbocycles. The topological polar surface area (TPSA) is 46.5 Å². The van der Waals surface area contributed by atoms with E-state index in [-0.39, 0.29) is 33.8 Å². The number of ether oxygens (including phenoxy) is 1. The van der Waals surface area contributed by atoms with Gasteiger partial charge in [-0.15, -0.1) is 12.4 Å². The predicted octanol–water partition coefficient (Wildman–Crippen LogP) is 2.91. The second-order valence-electron chi connectivity index (χ2n) is 2.28. The molecule has 1 N–H and O–H groups in total. The molecule has 1 aromatic carbocycles. The Kier molecular flexibility index (Phi) is 5.05. The summed E-state index contributed by atoms with van der Waals surface area (Å²) >= 11 is 11.2. The van der Waals surface area contributed by atoms with Gasteiger partial charge < -0.3 is 9.84 Å². The Morgan fingerprint density at radius 3 is 2.14 bits per heavy atom. The van der Waals surface area contributed by atoms with Crippen LogP contribution in [-0.4, -0.2) is 18.2 Å². The summed E-state index contributed by atoms with van der Waals surface area (Å²) in [7, 11) is 1.25. The largest absolute Gasteiger partial charge is 0.505 e. The first-order valence-electron chi connectivity index (χ1n) is 3.32. The van der Waals surface area contributed by atoms with Crippen molar-refractivity contribution in [1.82, 2.24) is 0 Å². The molecule has 0 aromatic heterocycles. The van der Waals surface area contributed by atoms with Gasteiger partial charge in [0.25, 0.3) is 0 Å². The average Bonchev–Trinajstić information content (AvgIpc) is 2.12. The first-order chi connectivity index (χ1) is 6.06. The number of hydrogen-bond donors (Lipinski definition) is 1. The lowest BCUT2D eigenvalue weighted by Gasteiger charge is -2.03. The van der Waals surface area contributed by atoms with Gasteiger partial charge in [-0.3, -0.25) is 0 Å². The number of carbonyl (C=O) groups is 1. The predicted molar refractivity (Wildman–Crippen MR) is 56.7 cm³/mol. The van der Waals surface area contributed by atoms with Crippen molar-refractivity contribution in [2.24, 2.45) is 0 Å². The van der Waals surface area contributed by atoms with Crippen molar-refractivity contribution in [3.63, 3.8) is 0 Å². The highest BCUT2D eigenvalue weighted by Gasteiger charge is 2.11. The van der Waals surface area contributed by atoms with Crippen molar-refractivity contribution >= 4 is 41.6 Å². The maximum atomic E-state index is 11.0. The smallest absolute Gasteiger partial charge is 0.337 e. The number of phenolic OH excluding ortho intramolecular Hbond substituents is 1. The number of phenols is 1. The molecule has 1 aromatic rings. The van der Waals surface area contributed by atoms with Crippen molar-refractivity contribution in [3.8, 4) is 5.75 Å². The zero-order valence-electron chi connectivity index (χ0n) is 7.08. The van der Waals surface area contributed by atoms with Gasteiger partial charge in [0.1, 0.15) is 0 Å². The second kappa shape index (κ2) is 5.29. The number of benzene rings is 1. The van der Waals surface area contributed by atoms with Gasteiger partial charge in [-0.25, -0.2) is 4.79 Å². The first-order valence-corrected chi connectivity index (χ1v) is 4.08. The number of carbonyl (C=O) groups excluding carboxylic acids is 1. The normalized spacial score (nSPS) is 9.07. The van der Waals surface area contributed by atoms with Crippen LogP contribution in [0.2, 0.25) is 10.0 Å². The summed E-state index contributed by atoms with van der Waals surface area (Å²) in [5.74, 6) is -0.792. The van der Waals surface area contributed by atoms with Crippen molar-refractivity contribution in [2.75, 3.05) is 7.11 Å². The van der Waals surface area contributed by atoms with Crippen LogP contribution >= 0.6 is 35.6 Å². The van der Waals surface area contributed by atoms with Gasteiger partial charge in [-0.05, 0) is 12.1 Å². The number of hydrogen-bond acceptors (Lipinski definition) is 3. The fourth-order valence-electron chi connectivity index (χ4n) is 0.801. The Balaban J connectivity index is 0.00000169. The minimum atomic E-state index is -0.552. The standard InChI is InChI=1S/C8H6Cl2O3.ClH/c1-13-8(12)4-2-5(9)7(11)6(10)3-4;/h2-3,11H,1H3;1H. The highest BCUT2D eigenvalue weighted by atomic mass is 35.5. The minimum Gasteiger partial charge on any atom is -0.505 e. The van der Waals surface area contributed by atoms with Gasteiger partial charge in [0, 0.05) is 0 Å². The van der Waals surface area contributed by atoms with E-state index in [9.17, 15) is 4.79 Å². The van der Waals surface area contributed by atoms with Gasteiger partial charge >= 0.3 is 5.97 Å². The molecule has 0 unspecified atom stereocenters. The zero-order chi connectivity index (χ0) is 10.0. The molecule has 0 amide bonds. The van der Waals surface area contributed by atoms with Gasteiger partial charge in [-0.2, -0.15) is 0 Å². The van der Waals surface area contributed by atoms with E-state index >= 15 is 0 Å². The molecule has 0 saturated carbocycles. The van der Waals surface area contributed by atoms with E-state index in [0.717, 1.165) is 0 Å². The summed E-state index contributed by atoms with van der Waals surface area (Å²) in [5.41, 5.74) is 0.204. The quantitative estimate of drug-likeness (QED) is 0.787. The van der Waals surface area contributed by atoms with Crippen molar-refractivity contribution < 1.29 is 14.6 Å². The molecule has 6 heteroatoms. The van der Waals surface area contributed by atoms with E-state index in [0.29, 0.717) is 0 Å². The molecule has 0 aliphatic rings. The summed E-state index contributed by atoms with van der Waals surface area (Å²) in [6, 6.07) is 2.57. The number of aromatic hydroxyl groups is 1. The lowest BCUT2D eigenvalue weighted by Crippen LogP contribution is -2.00. The van der Waals surface area contributed by atoms with E-state index in [1.54, 1.807) is 0 Å². The molecule has 0 aliphatic heterocycles. The van der Waals surface area contributed by atoms with Crippen LogP contribution in [0.1, 0.15) is 10.4 Å². The molecule has 0 heterocycles. The molecule has 0 atom stereocenters. The Labute approximate surface area is 97.0 Å². The molecule has 14 heavy (non-hydrogen) atoms. The van der Waals surface area contributed by atoms with Crippen LogP contribution in [-0.2, 0) is 4.74 Å². The number of esters is 1. The van der Waals surface area contributed by atoms with E-state index in [1.165, 1.54) is 19.2 Å². The van der Waals surface area contributed by atoms with Gasteiger partial charge in [-0.1, -0.05) is 23.2 Å². The minimum absolute atomic E-state index is 0. The monoisotopic (exact) mass is 256 g/mol. The lowest BCUT2D eigenvalue weighted by atomic mass is 10.2. The molecule has 0 spiro atoms. The SMILES string of the molecule is COC(=O)c1cc(Cl)c(O)c(Cl)c1.Cl. The fourth-order valence-corrected chi connectivity index (χ4v) is 1.29. The highest BCUT2D eigenvalue weighted by Crippen LogP contribution is 2.32. The molecule has 0 bridgehead atoms. The van der Waals surface area contributed by atoms with Crippen LogP contribution in [0.15, 0.2) is 12.1 Å². The molecule has 3 nitrogen and oxygen atoms in total. The van der Waals surface area contributed by atoms with Gasteiger partial charge in [0.15, 0.2) is 5.75 Å². The molecule has 1 rings (SSSR count). The van der Waals surface area contributed by atoms with Crippen LogP contribution in [0.5, 0.6) is 5.75 Å². The number of halogens is 3. The molecular formula is C8H7Cl3O3. The number of rotatable bonds is 1. The Morgan fingerprint density at radius 1 is 1.36 bits per heavy atom. The maximum absolute atomic E-state index is 11.0. The Morgan fingerprint density at radius 2 is 1.79 bits per heavy atom. The summed E-state index contributed by atoms with van der Waals surface area (Å²) < 4.78 is 4.45. The van der Waals surface area contributed by atoms with Gasteiger partial charge in [0.2, 0.25) is 0 Å². The molecule has 0 fully saturated rings. The van der Waals surface area contributed by atoms with Crippen LogP contribution in [0, 0.1) is 0 Å².